The zero-order valence-electron chi connectivity index (χ0n) is 16.2. The van der Waals surface area contributed by atoms with E-state index in [9.17, 15) is 9.59 Å². The number of hydrogen-bond donors (Lipinski definition) is 0. The molecule has 0 aromatic heterocycles. The molecule has 2 aliphatic heterocycles. The van der Waals surface area contributed by atoms with Crippen LogP contribution in [-0.4, -0.2) is 61.0 Å². The number of benzene rings is 1. The first-order valence-corrected chi connectivity index (χ1v) is 9.59. The summed E-state index contributed by atoms with van der Waals surface area (Å²) in [6.45, 7) is 4.17. The predicted molar refractivity (Wildman–Crippen MR) is 101 cm³/mol. The summed E-state index contributed by atoms with van der Waals surface area (Å²) >= 11 is 0. The van der Waals surface area contributed by atoms with Gasteiger partial charge in [-0.2, -0.15) is 0 Å². The maximum Gasteiger partial charge on any atom is 0.253 e. The Kier molecular flexibility index (Phi) is 5.66. The quantitative estimate of drug-likeness (QED) is 0.835. The molecule has 2 saturated heterocycles. The first kappa shape index (κ1) is 18.9. The monoisotopic (exact) mass is 358 g/mol. The maximum atomic E-state index is 12.7. The molecule has 2 fully saturated rings. The van der Waals surface area contributed by atoms with Crippen molar-refractivity contribution < 1.29 is 14.3 Å². The van der Waals surface area contributed by atoms with Crippen LogP contribution in [0.4, 0.5) is 0 Å². The second kappa shape index (κ2) is 7.78. The minimum absolute atomic E-state index is 0.110. The number of aryl methyl sites for hydroxylation is 1. The average Bonchev–Trinajstić information content (AvgIpc) is 2.62. The number of rotatable bonds is 3. The third kappa shape index (κ3) is 4.26. The van der Waals surface area contributed by atoms with Crippen LogP contribution in [-0.2, 0) is 9.53 Å². The zero-order chi connectivity index (χ0) is 18.7. The lowest BCUT2D eigenvalue weighted by molar-refractivity contribution is -0.139. The molecule has 0 bridgehead atoms. The fourth-order valence-corrected chi connectivity index (χ4v) is 4.16. The fraction of sp³-hybridized carbons (Fsp3) is 0.619. The van der Waals surface area contributed by atoms with E-state index in [4.69, 9.17) is 4.74 Å². The Morgan fingerprint density at radius 2 is 2.00 bits per heavy atom. The van der Waals surface area contributed by atoms with Crippen molar-refractivity contribution >= 4 is 11.8 Å². The summed E-state index contributed by atoms with van der Waals surface area (Å²) in [6.07, 6.45) is 4.20. The van der Waals surface area contributed by atoms with Gasteiger partial charge in [0.1, 0.15) is 0 Å². The van der Waals surface area contributed by atoms with Gasteiger partial charge in [0.15, 0.2) is 0 Å². The molecule has 0 radical (unpaired) electrons. The van der Waals surface area contributed by atoms with Crippen molar-refractivity contribution in [3.8, 4) is 0 Å². The zero-order valence-corrected chi connectivity index (χ0v) is 16.2. The molecular formula is C21H30N2O3. The summed E-state index contributed by atoms with van der Waals surface area (Å²) < 4.78 is 6.17. The lowest BCUT2D eigenvalue weighted by Crippen LogP contribution is -2.51. The first-order valence-electron chi connectivity index (χ1n) is 9.59. The Balaban J connectivity index is 1.58. The molecule has 0 saturated carbocycles. The molecule has 26 heavy (non-hydrogen) atoms. The average molecular weight is 358 g/mol. The lowest BCUT2D eigenvalue weighted by Gasteiger charge is -2.46. The summed E-state index contributed by atoms with van der Waals surface area (Å²) in [5.41, 5.74) is 1.71. The predicted octanol–water partition coefficient (Wildman–Crippen LogP) is 2.87. The van der Waals surface area contributed by atoms with E-state index >= 15 is 0 Å². The summed E-state index contributed by atoms with van der Waals surface area (Å²) in [5, 5.41) is 0. The number of ether oxygens (including phenoxy) is 1. The second-order valence-electron chi connectivity index (χ2n) is 8.04. The van der Waals surface area contributed by atoms with Crippen LogP contribution < -0.4 is 0 Å². The molecule has 5 heteroatoms. The molecule has 2 amide bonds. The third-order valence-electron chi connectivity index (χ3n) is 5.78. The maximum absolute atomic E-state index is 12.7. The van der Waals surface area contributed by atoms with Gasteiger partial charge in [0.05, 0.1) is 5.60 Å². The van der Waals surface area contributed by atoms with Gasteiger partial charge in [0.25, 0.3) is 5.91 Å². The molecule has 142 valence electrons. The van der Waals surface area contributed by atoms with E-state index in [-0.39, 0.29) is 17.4 Å². The highest BCUT2D eigenvalue weighted by Gasteiger charge is 2.41. The van der Waals surface area contributed by atoms with E-state index in [0.29, 0.717) is 12.3 Å². The Hall–Kier alpha value is -1.88. The van der Waals surface area contributed by atoms with Gasteiger partial charge in [-0.25, -0.2) is 0 Å². The largest absolute Gasteiger partial charge is 0.375 e. The van der Waals surface area contributed by atoms with Gasteiger partial charge >= 0.3 is 0 Å². The molecule has 2 aliphatic rings. The van der Waals surface area contributed by atoms with Crippen LogP contribution in [0.1, 0.15) is 48.0 Å². The minimum Gasteiger partial charge on any atom is -0.375 e. The highest BCUT2D eigenvalue weighted by atomic mass is 16.5. The number of nitrogens with zero attached hydrogens (tertiary/aromatic N) is 2. The number of hydrogen-bond acceptors (Lipinski definition) is 3. The number of carbonyl (C=O) groups is 2. The third-order valence-corrected chi connectivity index (χ3v) is 5.78. The van der Waals surface area contributed by atoms with E-state index < -0.39 is 0 Å². The van der Waals surface area contributed by atoms with Crippen molar-refractivity contribution in [1.29, 1.82) is 0 Å². The van der Waals surface area contributed by atoms with E-state index in [2.05, 4.69) is 0 Å². The van der Waals surface area contributed by atoms with Crippen molar-refractivity contribution in [1.82, 2.24) is 9.80 Å². The van der Waals surface area contributed by atoms with Crippen LogP contribution >= 0.6 is 0 Å². The number of likely N-dealkylation sites (tertiary alicyclic amines) is 1. The van der Waals surface area contributed by atoms with Crippen molar-refractivity contribution in [2.24, 2.45) is 5.92 Å². The molecule has 0 aliphatic carbocycles. The van der Waals surface area contributed by atoms with Crippen molar-refractivity contribution in [2.75, 3.05) is 33.8 Å². The van der Waals surface area contributed by atoms with Crippen molar-refractivity contribution in [3.05, 3.63) is 35.4 Å². The molecule has 0 N–H and O–H groups in total. The van der Waals surface area contributed by atoms with Crippen LogP contribution in [0.3, 0.4) is 0 Å². The Bertz CT molecular complexity index is 663. The normalized spacial score (nSPS) is 22.3. The Morgan fingerprint density at radius 1 is 1.27 bits per heavy atom. The molecule has 1 spiro atoms. The topological polar surface area (TPSA) is 49.9 Å². The Labute approximate surface area is 156 Å². The molecule has 1 unspecified atom stereocenters. The van der Waals surface area contributed by atoms with Gasteiger partial charge in [0.2, 0.25) is 5.91 Å². The van der Waals surface area contributed by atoms with E-state index in [1.54, 1.807) is 4.90 Å². The van der Waals surface area contributed by atoms with Crippen LogP contribution in [0, 0.1) is 12.8 Å². The molecule has 5 nitrogen and oxygen atoms in total. The van der Waals surface area contributed by atoms with Gasteiger partial charge in [-0.1, -0.05) is 17.7 Å². The van der Waals surface area contributed by atoms with Gasteiger partial charge in [-0.05, 0) is 50.7 Å². The van der Waals surface area contributed by atoms with Gasteiger partial charge < -0.3 is 14.5 Å². The molecule has 2 heterocycles. The number of amides is 2. The van der Waals surface area contributed by atoms with Crippen LogP contribution in [0.25, 0.3) is 0 Å². The first-order chi connectivity index (χ1) is 12.4. The SMILES string of the molecule is Cc1cccc(C(=O)N2CCC3(CC2)CC(CC(=O)N(C)C)CCO3)c1. The van der Waals surface area contributed by atoms with Crippen molar-refractivity contribution in [2.45, 2.75) is 44.6 Å². The number of carbonyl (C=O) groups excluding carboxylic acids is 2. The van der Waals surface area contributed by atoms with Crippen LogP contribution in [0.5, 0.6) is 0 Å². The van der Waals surface area contributed by atoms with Gasteiger partial charge in [-0.15, -0.1) is 0 Å². The summed E-state index contributed by atoms with van der Waals surface area (Å²) in [7, 11) is 3.62. The van der Waals surface area contributed by atoms with E-state index in [1.807, 2.05) is 50.2 Å². The summed E-state index contributed by atoms with van der Waals surface area (Å²) in [6, 6.07) is 7.78. The van der Waals surface area contributed by atoms with E-state index in [1.165, 1.54) is 0 Å². The highest BCUT2D eigenvalue weighted by Crippen LogP contribution is 2.39. The molecular weight excluding hydrogens is 328 g/mol. The summed E-state index contributed by atoms with van der Waals surface area (Å²) in [5.74, 6) is 0.690. The number of piperidine rings is 1. The second-order valence-corrected chi connectivity index (χ2v) is 8.04. The van der Waals surface area contributed by atoms with Crippen molar-refractivity contribution in [3.63, 3.8) is 0 Å². The van der Waals surface area contributed by atoms with Gasteiger partial charge in [0, 0.05) is 45.8 Å². The highest BCUT2D eigenvalue weighted by molar-refractivity contribution is 5.94. The molecule has 1 atom stereocenters. The molecule has 1 aromatic carbocycles. The lowest BCUT2D eigenvalue weighted by atomic mass is 9.78. The van der Waals surface area contributed by atoms with E-state index in [0.717, 1.165) is 56.5 Å². The molecule has 1 aromatic rings. The minimum atomic E-state index is -0.154. The smallest absolute Gasteiger partial charge is 0.253 e. The molecule has 3 rings (SSSR count). The standard InChI is InChI=1S/C21H30N2O3/c1-16-5-4-6-18(13-16)20(25)23-10-8-21(9-11-23)15-17(7-12-26-21)14-19(24)22(2)3/h4-6,13,17H,7-12,14-15H2,1-3H3. The van der Waals surface area contributed by atoms with Gasteiger partial charge in [-0.3, -0.25) is 9.59 Å². The van der Waals surface area contributed by atoms with Crippen LogP contribution in [0.2, 0.25) is 0 Å². The Morgan fingerprint density at radius 3 is 2.65 bits per heavy atom. The summed E-state index contributed by atoms with van der Waals surface area (Å²) in [4.78, 5) is 28.4. The van der Waals surface area contributed by atoms with Crippen LogP contribution in [0.15, 0.2) is 24.3 Å². The fourth-order valence-electron chi connectivity index (χ4n) is 4.16.